The van der Waals surface area contributed by atoms with Crippen molar-refractivity contribution < 1.29 is 21.9 Å². The Morgan fingerprint density at radius 1 is 1.31 bits per heavy atom. The number of alkyl halides is 2. The molecule has 0 aliphatic carbocycles. The third kappa shape index (κ3) is 1.89. The largest absolute Gasteiger partial charge is 0.768 e. The molecule has 1 aromatic rings. The summed E-state index contributed by atoms with van der Waals surface area (Å²) in [5, 5.41) is -4.18. The van der Waals surface area contributed by atoms with E-state index in [2.05, 4.69) is 0 Å². The summed E-state index contributed by atoms with van der Waals surface area (Å²) in [6.45, 7) is 0. The van der Waals surface area contributed by atoms with Crippen LogP contribution in [0.5, 0.6) is 0 Å². The van der Waals surface area contributed by atoms with Gasteiger partial charge in [-0.1, -0.05) is 12.1 Å². The SMILES string of the molecule is O=S([O-])C(F)(F)c1ccccc1F. The van der Waals surface area contributed by atoms with E-state index in [9.17, 15) is 21.9 Å². The second kappa shape index (κ2) is 3.47. The summed E-state index contributed by atoms with van der Waals surface area (Å²) >= 11 is -3.66. The smallest absolute Gasteiger partial charge is 0.337 e. The van der Waals surface area contributed by atoms with Gasteiger partial charge in [0.15, 0.2) is 0 Å². The van der Waals surface area contributed by atoms with Gasteiger partial charge in [-0.15, -0.1) is 0 Å². The summed E-state index contributed by atoms with van der Waals surface area (Å²) in [6, 6.07) is 3.84. The number of hydrogen-bond acceptors (Lipinski definition) is 2. The molecule has 1 unspecified atom stereocenters. The fraction of sp³-hybridized carbons (Fsp3) is 0.143. The standard InChI is InChI=1S/C7H5F3O2S/c8-6-4-2-1-3-5(6)7(9,10)13(11)12/h1-4H,(H,11,12)/p-1. The van der Waals surface area contributed by atoms with Crippen LogP contribution in [0.15, 0.2) is 24.3 Å². The first-order valence-electron chi connectivity index (χ1n) is 3.18. The van der Waals surface area contributed by atoms with Gasteiger partial charge in [-0.2, -0.15) is 8.78 Å². The van der Waals surface area contributed by atoms with E-state index in [4.69, 9.17) is 0 Å². The Hall–Kier alpha value is -0.880. The molecular weight excluding hydrogens is 205 g/mol. The Kier molecular flexibility index (Phi) is 2.72. The molecule has 13 heavy (non-hydrogen) atoms. The zero-order chi connectivity index (χ0) is 10.1. The zero-order valence-electron chi connectivity index (χ0n) is 6.17. The Labute approximate surface area is 74.7 Å². The second-order valence-corrected chi connectivity index (χ2v) is 3.21. The molecule has 2 nitrogen and oxygen atoms in total. The summed E-state index contributed by atoms with van der Waals surface area (Å²) < 4.78 is 58.2. The molecule has 0 bridgehead atoms. The summed E-state index contributed by atoms with van der Waals surface area (Å²) in [6.07, 6.45) is 0. The van der Waals surface area contributed by atoms with Gasteiger partial charge in [0.05, 0.1) is 5.56 Å². The Morgan fingerprint density at radius 3 is 2.31 bits per heavy atom. The number of benzene rings is 1. The molecular formula is C7H4F3O2S-. The third-order valence-electron chi connectivity index (χ3n) is 1.40. The predicted octanol–water partition coefficient (Wildman–Crippen LogP) is 1.75. The topological polar surface area (TPSA) is 40.1 Å². The minimum absolute atomic E-state index is 0.727. The van der Waals surface area contributed by atoms with Crippen molar-refractivity contribution in [2.24, 2.45) is 0 Å². The molecule has 1 aromatic carbocycles. The first-order chi connectivity index (χ1) is 5.96. The summed E-state index contributed by atoms with van der Waals surface area (Å²) in [5.41, 5.74) is -1.14. The van der Waals surface area contributed by atoms with Gasteiger partial charge in [0.25, 0.3) is 0 Å². The lowest BCUT2D eigenvalue weighted by atomic mass is 10.2. The molecule has 6 heteroatoms. The monoisotopic (exact) mass is 209 g/mol. The first kappa shape index (κ1) is 10.2. The van der Waals surface area contributed by atoms with E-state index in [1.807, 2.05) is 0 Å². The lowest BCUT2D eigenvalue weighted by Gasteiger charge is -2.19. The van der Waals surface area contributed by atoms with E-state index < -0.39 is 27.7 Å². The highest BCUT2D eigenvalue weighted by Gasteiger charge is 2.35. The molecule has 0 aliphatic rings. The zero-order valence-corrected chi connectivity index (χ0v) is 6.98. The highest BCUT2D eigenvalue weighted by atomic mass is 32.2. The predicted molar refractivity (Wildman–Crippen MR) is 39.2 cm³/mol. The van der Waals surface area contributed by atoms with Gasteiger partial charge in [-0.3, -0.25) is 4.21 Å². The summed E-state index contributed by atoms with van der Waals surface area (Å²) in [7, 11) is 0. The van der Waals surface area contributed by atoms with Crippen molar-refractivity contribution in [1.82, 2.24) is 0 Å². The van der Waals surface area contributed by atoms with Crippen LogP contribution in [0, 0.1) is 5.82 Å². The van der Waals surface area contributed by atoms with Gasteiger partial charge in [0.2, 0.25) is 0 Å². The lowest BCUT2D eigenvalue weighted by Crippen LogP contribution is -2.21. The van der Waals surface area contributed by atoms with Crippen molar-refractivity contribution in [1.29, 1.82) is 0 Å². The van der Waals surface area contributed by atoms with E-state index in [-0.39, 0.29) is 0 Å². The Bertz CT molecular complexity index is 340. The summed E-state index contributed by atoms with van der Waals surface area (Å²) in [5.74, 6) is -1.24. The fourth-order valence-electron chi connectivity index (χ4n) is 0.787. The molecule has 0 aromatic heterocycles. The minimum atomic E-state index is -4.18. The molecule has 0 fully saturated rings. The van der Waals surface area contributed by atoms with Crippen molar-refractivity contribution in [3.8, 4) is 0 Å². The second-order valence-electron chi connectivity index (χ2n) is 2.23. The Balaban J connectivity index is 3.22. The van der Waals surface area contributed by atoms with Gasteiger partial charge in [-0.25, -0.2) is 4.39 Å². The van der Waals surface area contributed by atoms with Crippen molar-refractivity contribution in [2.75, 3.05) is 0 Å². The van der Waals surface area contributed by atoms with Crippen LogP contribution in [0.2, 0.25) is 0 Å². The number of rotatable bonds is 2. The van der Waals surface area contributed by atoms with Crippen LogP contribution in [0.3, 0.4) is 0 Å². The van der Waals surface area contributed by atoms with Gasteiger partial charge in [0, 0.05) is 11.1 Å². The molecule has 0 saturated heterocycles. The maximum Gasteiger partial charge on any atom is 0.337 e. The van der Waals surface area contributed by atoms with Gasteiger partial charge < -0.3 is 4.55 Å². The van der Waals surface area contributed by atoms with Crippen molar-refractivity contribution in [2.45, 2.75) is 5.25 Å². The quantitative estimate of drug-likeness (QED) is 0.696. The van der Waals surface area contributed by atoms with Crippen LogP contribution in [-0.4, -0.2) is 8.76 Å². The Morgan fingerprint density at radius 2 is 1.85 bits per heavy atom. The lowest BCUT2D eigenvalue weighted by molar-refractivity contribution is 0.0833. The van der Waals surface area contributed by atoms with Crippen molar-refractivity contribution >= 4 is 11.1 Å². The molecule has 72 valence electrons. The minimum Gasteiger partial charge on any atom is -0.768 e. The van der Waals surface area contributed by atoms with Crippen molar-refractivity contribution in [3.63, 3.8) is 0 Å². The first-order valence-corrected chi connectivity index (χ1v) is 4.26. The maximum absolute atomic E-state index is 12.7. The van der Waals surface area contributed by atoms with Crippen LogP contribution >= 0.6 is 0 Å². The molecule has 1 rings (SSSR count). The molecule has 0 amide bonds. The molecule has 1 atom stereocenters. The highest BCUT2D eigenvalue weighted by molar-refractivity contribution is 7.79. The van der Waals surface area contributed by atoms with Crippen LogP contribution in [0.1, 0.15) is 5.56 Å². The van der Waals surface area contributed by atoms with Crippen LogP contribution < -0.4 is 0 Å². The molecule has 0 spiro atoms. The highest BCUT2D eigenvalue weighted by Crippen LogP contribution is 2.32. The van der Waals surface area contributed by atoms with Gasteiger partial charge in [0.1, 0.15) is 5.82 Å². The third-order valence-corrected chi connectivity index (χ3v) is 2.04. The van der Waals surface area contributed by atoms with E-state index in [0.29, 0.717) is 0 Å². The molecule has 0 aliphatic heterocycles. The van der Waals surface area contributed by atoms with Crippen LogP contribution in [0.4, 0.5) is 13.2 Å². The number of halogens is 3. The van der Waals surface area contributed by atoms with E-state index in [1.54, 1.807) is 0 Å². The van der Waals surface area contributed by atoms with E-state index in [0.717, 1.165) is 18.2 Å². The van der Waals surface area contributed by atoms with Gasteiger partial charge in [-0.05, 0) is 12.1 Å². The van der Waals surface area contributed by atoms with Crippen LogP contribution in [-0.2, 0) is 16.3 Å². The van der Waals surface area contributed by atoms with Crippen LogP contribution in [0.25, 0.3) is 0 Å². The molecule has 0 saturated carbocycles. The maximum atomic E-state index is 12.7. The average Bonchev–Trinajstić information content (AvgIpc) is 2.04. The molecule has 0 radical (unpaired) electrons. The van der Waals surface area contributed by atoms with Crippen molar-refractivity contribution in [3.05, 3.63) is 35.6 Å². The summed E-state index contributed by atoms with van der Waals surface area (Å²) in [4.78, 5) is 0. The van der Waals surface area contributed by atoms with E-state index >= 15 is 0 Å². The average molecular weight is 209 g/mol. The molecule has 0 heterocycles. The fourth-order valence-corrected chi connectivity index (χ4v) is 1.13. The van der Waals surface area contributed by atoms with E-state index in [1.165, 1.54) is 6.07 Å². The molecule has 0 N–H and O–H groups in total. The van der Waals surface area contributed by atoms with Gasteiger partial charge >= 0.3 is 5.25 Å². The number of hydrogen-bond donors (Lipinski definition) is 0. The normalized spacial score (nSPS) is 14.2.